The van der Waals surface area contributed by atoms with Crippen LogP contribution in [0.2, 0.25) is 5.02 Å². The maximum absolute atomic E-state index is 12.1. The number of aryl methyl sites for hydroxylation is 1. The average molecular weight is 361 g/mol. The molecule has 0 atom stereocenters. The second-order valence-corrected chi connectivity index (χ2v) is 6.23. The lowest BCUT2D eigenvalue weighted by Gasteiger charge is -2.20. The van der Waals surface area contributed by atoms with Crippen molar-refractivity contribution in [1.29, 1.82) is 0 Å². The molecule has 0 fully saturated rings. The van der Waals surface area contributed by atoms with Crippen molar-refractivity contribution in [3.05, 3.63) is 47.0 Å². The van der Waals surface area contributed by atoms with Crippen molar-refractivity contribution in [3.63, 3.8) is 0 Å². The zero-order valence-corrected chi connectivity index (χ0v) is 14.9. The summed E-state index contributed by atoms with van der Waals surface area (Å²) < 4.78 is 11.0. The lowest BCUT2D eigenvalue weighted by molar-refractivity contribution is -0.114. The van der Waals surface area contributed by atoms with E-state index in [9.17, 15) is 4.79 Å². The number of hydrogen-bond acceptors (Lipinski definition) is 4. The number of ether oxygens (including phenoxy) is 2. The van der Waals surface area contributed by atoms with E-state index in [0.717, 1.165) is 18.5 Å². The van der Waals surface area contributed by atoms with Gasteiger partial charge in [-0.05, 0) is 24.1 Å². The summed E-state index contributed by atoms with van der Waals surface area (Å²) in [6, 6.07) is 11.3. The Morgan fingerprint density at radius 3 is 2.48 bits per heavy atom. The molecule has 2 N–H and O–H groups in total. The quantitative estimate of drug-likeness (QED) is 0.813. The molecule has 132 valence electrons. The summed E-state index contributed by atoms with van der Waals surface area (Å²) in [4.78, 5) is 12.1. The van der Waals surface area contributed by atoms with Crippen LogP contribution in [0.15, 0.2) is 36.4 Å². The Morgan fingerprint density at radius 1 is 1.12 bits per heavy atom. The molecule has 0 unspecified atom stereocenters. The second-order valence-electron chi connectivity index (χ2n) is 5.82. The van der Waals surface area contributed by atoms with Crippen molar-refractivity contribution in [3.8, 4) is 11.5 Å². The molecule has 25 heavy (non-hydrogen) atoms. The van der Waals surface area contributed by atoms with Crippen LogP contribution in [0.4, 0.5) is 11.4 Å². The minimum atomic E-state index is -0.144. The minimum absolute atomic E-state index is 0.107. The van der Waals surface area contributed by atoms with Crippen molar-refractivity contribution in [2.45, 2.75) is 19.8 Å². The van der Waals surface area contributed by atoms with E-state index in [1.165, 1.54) is 5.56 Å². The molecule has 3 rings (SSSR count). The third-order valence-corrected chi connectivity index (χ3v) is 4.16. The van der Waals surface area contributed by atoms with Gasteiger partial charge in [-0.2, -0.15) is 0 Å². The molecule has 1 heterocycles. The van der Waals surface area contributed by atoms with E-state index in [1.54, 1.807) is 12.1 Å². The Kier molecular flexibility index (Phi) is 5.66. The van der Waals surface area contributed by atoms with Crippen molar-refractivity contribution in [2.24, 2.45) is 0 Å². The predicted molar refractivity (Wildman–Crippen MR) is 100.0 cm³/mol. The van der Waals surface area contributed by atoms with E-state index in [4.69, 9.17) is 21.1 Å². The first-order valence-corrected chi connectivity index (χ1v) is 8.75. The number of carbonyl (C=O) groups excluding carboxylic acids is 1. The van der Waals surface area contributed by atoms with Gasteiger partial charge in [-0.1, -0.05) is 37.1 Å². The maximum Gasteiger partial charge on any atom is 0.243 e. The summed E-state index contributed by atoms with van der Waals surface area (Å²) in [5.74, 6) is 1.11. The topological polar surface area (TPSA) is 59.6 Å². The van der Waals surface area contributed by atoms with Gasteiger partial charge in [0.25, 0.3) is 0 Å². The first-order valence-electron chi connectivity index (χ1n) is 8.37. The van der Waals surface area contributed by atoms with Gasteiger partial charge in [0.05, 0.1) is 17.3 Å². The molecule has 1 aliphatic heterocycles. The number of nitrogens with one attached hydrogen (secondary N) is 2. The Hall–Kier alpha value is -2.40. The zero-order valence-electron chi connectivity index (χ0n) is 14.1. The van der Waals surface area contributed by atoms with Gasteiger partial charge in [0.15, 0.2) is 11.5 Å². The average Bonchev–Trinajstić information content (AvgIpc) is 2.62. The molecule has 1 aliphatic rings. The van der Waals surface area contributed by atoms with Crippen LogP contribution < -0.4 is 20.1 Å². The number of benzene rings is 2. The van der Waals surface area contributed by atoms with Crippen LogP contribution in [0.5, 0.6) is 11.5 Å². The highest BCUT2D eigenvalue weighted by atomic mass is 35.5. The zero-order chi connectivity index (χ0) is 17.6. The highest BCUT2D eigenvalue weighted by molar-refractivity contribution is 6.33. The van der Waals surface area contributed by atoms with Crippen LogP contribution >= 0.6 is 11.6 Å². The molecule has 6 heteroatoms. The van der Waals surface area contributed by atoms with E-state index >= 15 is 0 Å². The first kappa shape index (κ1) is 17.4. The fraction of sp³-hybridized carbons (Fsp3) is 0.316. The molecule has 0 bridgehead atoms. The van der Waals surface area contributed by atoms with E-state index in [-0.39, 0.29) is 12.5 Å². The van der Waals surface area contributed by atoms with Crippen molar-refractivity contribution >= 4 is 28.9 Å². The number of amides is 1. The monoisotopic (exact) mass is 360 g/mol. The van der Waals surface area contributed by atoms with E-state index in [2.05, 4.69) is 17.6 Å². The number of fused-ring (bicyclic) bond motifs is 1. The van der Waals surface area contributed by atoms with Gasteiger partial charge in [-0.15, -0.1) is 0 Å². The number of halogens is 1. The molecular formula is C19H21ClN2O3. The van der Waals surface area contributed by atoms with E-state index in [1.807, 2.05) is 24.3 Å². The van der Waals surface area contributed by atoms with Crippen LogP contribution in [0.3, 0.4) is 0 Å². The van der Waals surface area contributed by atoms with Crippen molar-refractivity contribution < 1.29 is 14.3 Å². The number of anilines is 2. The van der Waals surface area contributed by atoms with Crippen LogP contribution in [-0.4, -0.2) is 25.7 Å². The smallest absolute Gasteiger partial charge is 0.243 e. The molecule has 0 aromatic heterocycles. The molecule has 0 spiro atoms. The molecule has 0 radical (unpaired) electrons. The lowest BCUT2D eigenvalue weighted by Crippen LogP contribution is -2.22. The largest absolute Gasteiger partial charge is 0.486 e. The Balaban J connectivity index is 1.57. The Bertz CT molecular complexity index is 747. The summed E-state index contributed by atoms with van der Waals surface area (Å²) >= 11 is 6.22. The Morgan fingerprint density at radius 2 is 1.80 bits per heavy atom. The first-order chi connectivity index (χ1) is 12.2. The van der Waals surface area contributed by atoms with Gasteiger partial charge in [0.2, 0.25) is 5.91 Å². The minimum Gasteiger partial charge on any atom is -0.486 e. The van der Waals surface area contributed by atoms with Crippen LogP contribution in [0.25, 0.3) is 0 Å². The molecule has 2 aromatic rings. The third kappa shape index (κ3) is 4.57. The third-order valence-electron chi connectivity index (χ3n) is 3.85. The maximum atomic E-state index is 12.1. The number of carbonyl (C=O) groups is 1. The molecule has 0 saturated carbocycles. The van der Waals surface area contributed by atoms with Gasteiger partial charge in [0, 0.05) is 17.8 Å². The summed E-state index contributed by atoms with van der Waals surface area (Å²) in [6.07, 6.45) is 2.14. The van der Waals surface area contributed by atoms with Crippen LogP contribution in [0.1, 0.15) is 18.9 Å². The SMILES string of the molecule is CCCc1ccc(NC(=O)CNc2cc3c(cc2Cl)OCCO3)cc1. The number of hydrogen-bond donors (Lipinski definition) is 2. The molecule has 0 aliphatic carbocycles. The summed E-state index contributed by atoms with van der Waals surface area (Å²) in [6.45, 7) is 3.26. The van der Waals surface area contributed by atoms with Crippen LogP contribution in [-0.2, 0) is 11.2 Å². The molecule has 5 nitrogen and oxygen atoms in total. The Labute approximate surface area is 152 Å². The molecule has 1 amide bonds. The fourth-order valence-electron chi connectivity index (χ4n) is 2.62. The highest BCUT2D eigenvalue weighted by Crippen LogP contribution is 2.37. The predicted octanol–water partition coefficient (Wildman–Crippen LogP) is 4.11. The normalized spacial score (nSPS) is 12.6. The van der Waals surface area contributed by atoms with Gasteiger partial charge < -0.3 is 20.1 Å². The molecule has 2 aromatic carbocycles. The van der Waals surface area contributed by atoms with Gasteiger partial charge in [-0.3, -0.25) is 4.79 Å². The lowest BCUT2D eigenvalue weighted by atomic mass is 10.1. The van der Waals surface area contributed by atoms with Gasteiger partial charge in [-0.25, -0.2) is 0 Å². The number of rotatable bonds is 6. The highest BCUT2D eigenvalue weighted by Gasteiger charge is 2.15. The van der Waals surface area contributed by atoms with Crippen LogP contribution in [0, 0.1) is 0 Å². The van der Waals surface area contributed by atoms with Crippen molar-refractivity contribution in [1.82, 2.24) is 0 Å². The summed E-state index contributed by atoms with van der Waals surface area (Å²) in [7, 11) is 0. The molecular weight excluding hydrogens is 340 g/mol. The van der Waals surface area contributed by atoms with E-state index < -0.39 is 0 Å². The van der Waals surface area contributed by atoms with Gasteiger partial charge in [0.1, 0.15) is 13.2 Å². The fourth-order valence-corrected chi connectivity index (χ4v) is 2.84. The molecule has 0 saturated heterocycles. The van der Waals surface area contributed by atoms with Gasteiger partial charge >= 0.3 is 0 Å². The van der Waals surface area contributed by atoms with Crippen molar-refractivity contribution in [2.75, 3.05) is 30.4 Å². The van der Waals surface area contributed by atoms with E-state index in [0.29, 0.717) is 35.4 Å². The standard InChI is InChI=1S/C19H21ClN2O3/c1-2-3-13-4-6-14(7-5-13)22-19(23)12-21-16-11-18-17(10-15(16)20)24-8-9-25-18/h4-7,10-11,21H,2-3,8-9,12H2,1H3,(H,22,23). The summed E-state index contributed by atoms with van der Waals surface area (Å²) in [5, 5.41) is 6.39. The second kappa shape index (κ2) is 8.12. The summed E-state index contributed by atoms with van der Waals surface area (Å²) in [5.41, 5.74) is 2.68.